The van der Waals surface area contributed by atoms with Crippen LogP contribution in [0.15, 0.2) is 34.3 Å². The molecule has 1 aromatic heterocycles. The van der Waals surface area contributed by atoms with Crippen LogP contribution in [0.25, 0.3) is 0 Å². The van der Waals surface area contributed by atoms with Crippen LogP contribution in [-0.2, 0) is 14.8 Å². The van der Waals surface area contributed by atoms with Crippen LogP contribution in [0.2, 0.25) is 0 Å². The number of nitrogens with one attached hydrogen (secondary N) is 1. The summed E-state index contributed by atoms with van der Waals surface area (Å²) in [4.78, 5) is 12.9. The monoisotopic (exact) mass is 438 g/mol. The largest absolute Gasteiger partial charge is 0.368 e. The highest BCUT2D eigenvalue weighted by atomic mass is 32.2. The van der Waals surface area contributed by atoms with Crippen LogP contribution in [0.4, 0.5) is 11.6 Å². The number of thioether (sulfide) groups is 1. The molecule has 1 aromatic carbocycles. The number of nitrogens with zero attached hydrogens (tertiary/aromatic N) is 4. The van der Waals surface area contributed by atoms with Gasteiger partial charge in [-0.3, -0.25) is 9.36 Å². The second-order valence-corrected chi connectivity index (χ2v) is 9.63. The molecule has 1 amide bonds. The third kappa shape index (κ3) is 4.73. The number of benzene rings is 1. The Balaban J connectivity index is 1.71. The van der Waals surface area contributed by atoms with Crippen LogP contribution in [0.5, 0.6) is 0 Å². The summed E-state index contributed by atoms with van der Waals surface area (Å²) in [5.41, 5.74) is 6.33. The molecule has 3 N–H and O–H groups in total. The molecule has 3 rings (SSSR count). The normalized spacial score (nSPS) is 16.9. The number of hydrogen-bond acceptors (Lipinski definition) is 7. The highest BCUT2D eigenvalue weighted by Crippen LogP contribution is 2.24. The zero-order chi connectivity index (χ0) is 21.0. The third-order valence-corrected chi connectivity index (χ3v) is 7.52. The van der Waals surface area contributed by atoms with Gasteiger partial charge in [-0.1, -0.05) is 24.6 Å². The fraction of sp³-hybridized carbons (Fsp3) is 0.500. The van der Waals surface area contributed by atoms with E-state index in [1.165, 1.54) is 23.9 Å². The summed E-state index contributed by atoms with van der Waals surface area (Å²) in [7, 11) is -3.52. The number of sulfonamides is 1. The van der Waals surface area contributed by atoms with E-state index in [0.29, 0.717) is 23.9 Å². The van der Waals surface area contributed by atoms with Gasteiger partial charge in [0.05, 0.1) is 4.90 Å². The van der Waals surface area contributed by atoms with Crippen molar-refractivity contribution in [1.29, 1.82) is 0 Å². The van der Waals surface area contributed by atoms with E-state index in [2.05, 4.69) is 15.5 Å². The second kappa shape index (κ2) is 9.14. The van der Waals surface area contributed by atoms with Crippen molar-refractivity contribution >= 4 is 39.3 Å². The summed E-state index contributed by atoms with van der Waals surface area (Å²) < 4.78 is 28.8. The Labute approximate surface area is 175 Å². The number of nitrogens with two attached hydrogens (primary N) is 1. The first-order chi connectivity index (χ1) is 13.8. The quantitative estimate of drug-likeness (QED) is 0.664. The minimum atomic E-state index is -3.52. The first kappa shape index (κ1) is 21.6. The van der Waals surface area contributed by atoms with Crippen molar-refractivity contribution in [2.45, 2.75) is 48.7 Å². The van der Waals surface area contributed by atoms with Gasteiger partial charge in [0.1, 0.15) is 6.04 Å². The maximum absolute atomic E-state index is 12.9. The number of nitrogen functional groups attached to an aromatic ring is 1. The number of hydrogen-bond donors (Lipinski definition) is 2. The molecule has 158 valence electrons. The minimum absolute atomic E-state index is 0.163. The van der Waals surface area contributed by atoms with Gasteiger partial charge in [0.25, 0.3) is 0 Å². The van der Waals surface area contributed by atoms with E-state index in [4.69, 9.17) is 5.73 Å². The minimum Gasteiger partial charge on any atom is -0.368 e. The topological polar surface area (TPSA) is 123 Å². The Kier molecular flexibility index (Phi) is 6.81. The van der Waals surface area contributed by atoms with Crippen molar-refractivity contribution in [3.05, 3.63) is 24.3 Å². The molecule has 1 unspecified atom stereocenters. The Hall–Kier alpha value is -2.11. The number of carbonyl (C=O) groups is 1. The lowest BCUT2D eigenvalue weighted by Crippen LogP contribution is -2.31. The molecule has 29 heavy (non-hydrogen) atoms. The summed E-state index contributed by atoms with van der Waals surface area (Å²) in [6.07, 6.45) is 5.72. The van der Waals surface area contributed by atoms with Crippen LogP contribution in [0, 0.1) is 0 Å². The molecule has 9 nitrogen and oxygen atoms in total. The molecular weight excluding hydrogens is 412 g/mol. The van der Waals surface area contributed by atoms with Gasteiger partial charge in [0.2, 0.25) is 21.9 Å². The molecule has 2 aromatic rings. The van der Waals surface area contributed by atoms with Crippen LogP contribution >= 0.6 is 11.8 Å². The predicted octanol–water partition coefficient (Wildman–Crippen LogP) is 2.35. The van der Waals surface area contributed by atoms with Gasteiger partial charge in [0.15, 0.2) is 5.16 Å². The number of amides is 1. The Morgan fingerprint density at radius 1 is 1.14 bits per heavy atom. The summed E-state index contributed by atoms with van der Waals surface area (Å²) in [6, 6.07) is 5.63. The molecular formula is C18H26N6O3S2. The average molecular weight is 439 g/mol. The molecule has 1 aliphatic rings. The third-order valence-electron chi connectivity index (χ3n) is 4.96. The number of rotatable bonds is 6. The van der Waals surface area contributed by atoms with Crippen molar-refractivity contribution in [2.24, 2.45) is 0 Å². The molecule has 11 heteroatoms. The van der Waals surface area contributed by atoms with Crippen molar-refractivity contribution in [1.82, 2.24) is 19.1 Å². The Morgan fingerprint density at radius 2 is 1.76 bits per heavy atom. The van der Waals surface area contributed by atoms with Crippen LogP contribution in [0.3, 0.4) is 0 Å². The van der Waals surface area contributed by atoms with Crippen molar-refractivity contribution in [3.63, 3.8) is 0 Å². The van der Waals surface area contributed by atoms with E-state index >= 15 is 0 Å². The van der Waals surface area contributed by atoms with Gasteiger partial charge in [-0.25, -0.2) is 8.42 Å². The maximum Gasteiger partial charge on any atom is 0.247 e. The number of carbonyl (C=O) groups excluding carboxylic acids is 1. The van der Waals surface area contributed by atoms with Gasteiger partial charge in [-0.2, -0.15) is 4.31 Å². The summed E-state index contributed by atoms with van der Waals surface area (Å²) in [5, 5.41) is 11.1. The zero-order valence-corrected chi connectivity index (χ0v) is 18.2. The molecule has 0 saturated carbocycles. The number of aromatic nitrogens is 3. The first-order valence-corrected chi connectivity index (χ1v) is 12.2. The van der Waals surface area contributed by atoms with E-state index in [1.807, 2.05) is 6.26 Å². The summed E-state index contributed by atoms with van der Waals surface area (Å²) in [5.74, 6) is -0.134. The van der Waals surface area contributed by atoms with E-state index in [0.717, 1.165) is 25.7 Å². The first-order valence-electron chi connectivity index (χ1n) is 9.50. The van der Waals surface area contributed by atoms with E-state index in [1.54, 1.807) is 27.9 Å². The SMILES string of the molecule is CSc1nnc(N)n1C(C)C(=O)Nc1ccc(S(=O)(=O)N2CCCCCC2)cc1. The van der Waals surface area contributed by atoms with Gasteiger partial charge in [-0.15, -0.1) is 10.2 Å². The Bertz CT molecular complexity index is 950. The maximum atomic E-state index is 12.9. The van der Waals surface area contributed by atoms with E-state index < -0.39 is 16.1 Å². The lowest BCUT2D eigenvalue weighted by molar-refractivity contribution is -0.118. The molecule has 1 saturated heterocycles. The average Bonchev–Trinajstić information content (AvgIpc) is 2.90. The van der Waals surface area contributed by atoms with Crippen LogP contribution in [0.1, 0.15) is 38.6 Å². The van der Waals surface area contributed by atoms with Gasteiger partial charge < -0.3 is 11.1 Å². The van der Waals surface area contributed by atoms with E-state index in [-0.39, 0.29) is 16.8 Å². The number of anilines is 2. The van der Waals surface area contributed by atoms with Crippen LogP contribution in [-0.4, -0.2) is 52.7 Å². The Morgan fingerprint density at radius 3 is 2.34 bits per heavy atom. The smallest absolute Gasteiger partial charge is 0.247 e. The van der Waals surface area contributed by atoms with Crippen molar-refractivity contribution < 1.29 is 13.2 Å². The molecule has 0 radical (unpaired) electrons. The van der Waals surface area contributed by atoms with Gasteiger partial charge in [0, 0.05) is 18.8 Å². The lowest BCUT2D eigenvalue weighted by atomic mass is 10.2. The lowest BCUT2D eigenvalue weighted by Gasteiger charge is -2.20. The standard InChI is InChI=1S/C18H26N6O3S2/c1-13(24-17(19)21-22-18(24)28-2)16(25)20-14-7-9-15(10-8-14)29(26,27)23-11-5-3-4-6-12-23/h7-10,13H,3-6,11-12H2,1-2H3,(H2,19,21)(H,20,25). The molecule has 2 heterocycles. The summed E-state index contributed by atoms with van der Waals surface area (Å²) in [6.45, 7) is 2.81. The molecule has 0 bridgehead atoms. The molecule has 1 atom stereocenters. The molecule has 1 aliphatic heterocycles. The zero-order valence-electron chi connectivity index (χ0n) is 16.5. The predicted molar refractivity (Wildman–Crippen MR) is 113 cm³/mol. The van der Waals surface area contributed by atoms with Crippen molar-refractivity contribution in [2.75, 3.05) is 30.4 Å². The summed E-state index contributed by atoms with van der Waals surface area (Å²) >= 11 is 1.35. The fourth-order valence-corrected chi connectivity index (χ4v) is 5.38. The molecule has 0 spiro atoms. The van der Waals surface area contributed by atoms with Crippen LogP contribution < -0.4 is 11.1 Å². The van der Waals surface area contributed by atoms with Gasteiger partial charge in [-0.05, 0) is 50.3 Å². The van der Waals surface area contributed by atoms with E-state index in [9.17, 15) is 13.2 Å². The molecule has 1 fully saturated rings. The fourth-order valence-electron chi connectivity index (χ4n) is 3.30. The van der Waals surface area contributed by atoms with Crippen molar-refractivity contribution in [3.8, 4) is 0 Å². The highest BCUT2D eigenvalue weighted by molar-refractivity contribution is 7.98. The highest BCUT2D eigenvalue weighted by Gasteiger charge is 2.25. The van der Waals surface area contributed by atoms with Gasteiger partial charge >= 0.3 is 0 Å². The molecule has 0 aliphatic carbocycles. The second-order valence-electron chi connectivity index (χ2n) is 6.92.